The second-order valence-corrected chi connectivity index (χ2v) is 13.1. The molecular formula is C20H26N10O14P2. The molecule has 6 heterocycles. The number of anilines is 2. The van der Waals surface area contributed by atoms with Crippen molar-refractivity contribution in [3.63, 3.8) is 0 Å². The number of imidazole rings is 2. The van der Waals surface area contributed by atoms with Crippen molar-refractivity contribution in [2.45, 2.75) is 49.1 Å². The third-order valence-electron chi connectivity index (χ3n) is 7.06. The number of fused-ring (bicyclic) bond motifs is 2. The molecule has 0 spiro atoms. The highest BCUT2D eigenvalue weighted by atomic mass is 31.3. The number of hydrogen-bond donors (Lipinski definition) is 9. The van der Waals surface area contributed by atoms with Crippen LogP contribution in [-0.2, 0) is 32.0 Å². The van der Waals surface area contributed by atoms with Crippen molar-refractivity contribution in [3.8, 4) is 0 Å². The molecule has 0 aliphatic carbocycles. The zero-order chi connectivity index (χ0) is 33.1. The SMILES string of the molecule is Nc1nc2c(ncn2[C@@H]2O[C@H](COP(=O)(OC[C@H]3O[C@@H](n4cnc5c(N)ncnc54)[C@H](O)[C@@H]3O)OP(=O)(O)O)[C@@H](O)[C@H]2O)c(=O)[nH]1. The number of hydrogen-bond acceptors (Lipinski definition) is 19. The Kier molecular flexibility index (Phi) is 8.43. The van der Waals surface area contributed by atoms with E-state index in [1.807, 2.05) is 0 Å². The van der Waals surface area contributed by atoms with E-state index < -0.39 is 83.5 Å². The molecule has 1 unspecified atom stereocenters. The Morgan fingerprint density at radius 1 is 0.826 bits per heavy atom. The number of nitrogens with two attached hydrogens (primary N) is 2. The number of nitrogens with one attached hydrogen (secondary N) is 1. The summed E-state index contributed by atoms with van der Waals surface area (Å²) in [6, 6.07) is 0. The number of aliphatic hydroxyl groups excluding tert-OH is 4. The molecule has 24 nitrogen and oxygen atoms in total. The summed E-state index contributed by atoms with van der Waals surface area (Å²) >= 11 is 0. The lowest BCUT2D eigenvalue weighted by Crippen LogP contribution is -2.34. The van der Waals surface area contributed by atoms with Gasteiger partial charge in [0.25, 0.3) is 5.56 Å². The topological polar surface area (TPSA) is 361 Å². The molecule has 2 fully saturated rings. The van der Waals surface area contributed by atoms with Gasteiger partial charge in [0.05, 0.1) is 25.9 Å². The van der Waals surface area contributed by atoms with Crippen LogP contribution in [0.1, 0.15) is 12.5 Å². The number of phosphoric acid groups is 2. The van der Waals surface area contributed by atoms with Crippen molar-refractivity contribution in [2.75, 3.05) is 24.7 Å². The Labute approximate surface area is 254 Å². The van der Waals surface area contributed by atoms with Crippen LogP contribution in [0, 0.1) is 0 Å². The Balaban J connectivity index is 1.15. The maximum atomic E-state index is 13.3. The molecule has 46 heavy (non-hydrogen) atoms. The quantitative estimate of drug-likeness (QED) is 0.0731. The van der Waals surface area contributed by atoms with Gasteiger partial charge in [-0.25, -0.2) is 29.1 Å². The van der Waals surface area contributed by atoms with Gasteiger partial charge in [-0.05, 0) is 0 Å². The van der Waals surface area contributed by atoms with E-state index in [9.17, 15) is 44.1 Å². The fraction of sp³-hybridized carbons (Fsp3) is 0.500. The van der Waals surface area contributed by atoms with E-state index in [-0.39, 0.29) is 34.1 Å². The summed E-state index contributed by atoms with van der Waals surface area (Å²) in [4.78, 5) is 52.8. The Hall–Kier alpha value is -3.48. The van der Waals surface area contributed by atoms with Crippen LogP contribution >= 0.6 is 15.6 Å². The molecule has 0 aromatic carbocycles. The third kappa shape index (κ3) is 6.02. The van der Waals surface area contributed by atoms with Crippen LogP contribution in [-0.4, -0.2) is 119 Å². The summed E-state index contributed by atoms with van der Waals surface area (Å²) in [7, 11) is -10.8. The predicted octanol–water partition coefficient (Wildman–Crippen LogP) is -3.39. The number of ether oxygens (including phenoxy) is 2. The van der Waals surface area contributed by atoms with Crippen LogP contribution < -0.4 is 17.0 Å². The molecule has 26 heteroatoms. The monoisotopic (exact) mass is 692 g/mol. The van der Waals surface area contributed by atoms with Gasteiger partial charge in [-0.15, -0.1) is 0 Å². The van der Waals surface area contributed by atoms with Gasteiger partial charge < -0.3 is 51.2 Å². The molecule has 4 aromatic rings. The number of rotatable bonds is 10. The molecule has 6 rings (SSSR count). The zero-order valence-corrected chi connectivity index (χ0v) is 24.7. The first-order valence-electron chi connectivity index (χ1n) is 13.0. The minimum atomic E-state index is -5.56. The number of aromatic nitrogens is 8. The molecular weight excluding hydrogens is 666 g/mol. The lowest BCUT2D eigenvalue weighted by atomic mass is 10.1. The van der Waals surface area contributed by atoms with Gasteiger partial charge in [0.15, 0.2) is 35.1 Å². The van der Waals surface area contributed by atoms with E-state index in [1.54, 1.807) is 0 Å². The molecule has 2 saturated heterocycles. The van der Waals surface area contributed by atoms with Crippen LogP contribution in [0.5, 0.6) is 0 Å². The van der Waals surface area contributed by atoms with Gasteiger partial charge in [0.1, 0.15) is 48.5 Å². The highest BCUT2D eigenvalue weighted by Gasteiger charge is 2.49. The fourth-order valence-electron chi connectivity index (χ4n) is 4.92. The summed E-state index contributed by atoms with van der Waals surface area (Å²) in [5.41, 5.74) is 10.7. The van der Waals surface area contributed by atoms with Gasteiger partial charge in [-0.1, -0.05) is 0 Å². The van der Waals surface area contributed by atoms with Crippen LogP contribution in [0.4, 0.5) is 11.8 Å². The normalized spacial score (nSPS) is 30.0. The fourth-order valence-corrected chi connectivity index (χ4v) is 7.08. The number of phosphoric ester groups is 1. The average Bonchev–Trinajstić information content (AvgIpc) is 3.72. The van der Waals surface area contributed by atoms with E-state index in [0.29, 0.717) is 0 Å². The summed E-state index contributed by atoms with van der Waals surface area (Å²) in [6.45, 7) is -1.84. The van der Waals surface area contributed by atoms with Crippen molar-refractivity contribution in [1.82, 2.24) is 39.0 Å². The molecule has 0 radical (unpaired) electrons. The van der Waals surface area contributed by atoms with Crippen molar-refractivity contribution < 1.29 is 62.2 Å². The van der Waals surface area contributed by atoms with Crippen LogP contribution in [0.15, 0.2) is 23.8 Å². The number of H-pyrrole nitrogens is 1. The predicted molar refractivity (Wildman–Crippen MR) is 147 cm³/mol. The van der Waals surface area contributed by atoms with E-state index >= 15 is 0 Å². The first kappa shape index (κ1) is 32.5. The van der Waals surface area contributed by atoms with E-state index in [2.05, 4.69) is 34.2 Å². The summed E-state index contributed by atoms with van der Waals surface area (Å²) in [5.74, 6) is -0.235. The number of nitrogen functional groups attached to an aromatic ring is 2. The van der Waals surface area contributed by atoms with Crippen LogP contribution in [0.2, 0.25) is 0 Å². The Morgan fingerprint density at radius 2 is 1.37 bits per heavy atom. The maximum Gasteiger partial charge on any atom is 0.483 e. The van der Waals surface area contributed by atoms with Gasteiger partial charge >= 0.3 is 15.6 Å². The molecule has 4 aromatic heterocycles. The Morgan fingerprint density at radius 3 is 1.93 bits per heavy atom. The largest absolute Gasteiger partial charge is 0.483 e. The summed E-state index contributed by atoms with van der Waals surface area (Å²) in [5, 5.41) is 42.4. The minimum absolute atomic E-state index is 0.0366. The number of aromatic amines is 1. The summed E-state index contributed by atoms with van der Waals surface area (Å²) < 4.78 is 52.9. The van der Waals surface area contributed by atoms with Crippen molar-refractivity contribution in [3.05, 3.63) is 29.3 Å². The van der Waals surface area contributed by atoms with Crippen molar-refractivity contribution in [1.29, 1.82) is 0 Å². The average molecular weight is 692 g/mol. The smallest absolute Gasteiger partial charge is 0.387 e. The Bertz CT molecular complexity index is 1910. The van der Waals surface area contributed by atoms with Gasteiger partial charge in [0.2, 0.25) is 5.95 Å². The van der Waals surface area contributed by atoms with E-state index in [4.69, 9.17) is 30.0 Å². The molecule has 11 N–H and O–H groups in total. The molecule has 0 amide bonds. The first-order valence-corrected chi connectivity index (χ1v) is 16.0. The molecule has 2 aliphatic rings. The van der Waals surface area contributed by atoms with E-state index in [1.165, 1.54) is 10.9 Å². The third-order valence-corrected chi connectivity index (χ3v) is 9.64. The molecule has 2 aliphatic heterocycles. The zero-order valence-electron chi connectivity index (χ0n) is 22.9. The first-order chi connectivity index (χ1) is 21.7. The molecule has 0 saturated carbocycles. The van der Waals surface area contributed by atoms with E-state index in [0.717, 1.165) is 17.2 Å². The van der Waals surface area contributed by atoms with Crippen LogP contribution in [0.25, 0.3) is 22.3 Å². The highest BCUT2D eigenvalue weighted by molar-refractivity contribution is 7.61. The second kappa shape index (κ2) is 12.0. The van der Waals surface area contributed by atoms with Gasteiger partial charge in [0, 0.05) is 0 Å². The lowest BCUT2D eigenvalue weighted by Gasteiger charge is -2.23. The van der Waals surface area contributed by atoms with Crippen molar-refractivity contribution >= 4 is 49.7 Å². The van der Waals surface area contributed by atoms with Gasteiger partial charge in [-0.2, -0.15) is 9.29 Å². The van der Waals surface area contributed by atoms with Crippen molar-refractivity contribution in [2.24, 2.45) is 0 Å². The van der Waals surface area contributed by atoms with Crippen LogP contribution in [0.3, 0.4) is 0 Å². The summed E-state index contributed by atoms with van der Waals surface area (Å²) in [6.07, 6.45) is -9.04. The molecule has 250 valence electrons. The van der Waals surface area contributed by atoms with Gasteiger partial charge in [-0.3, -0.25) is 28.0 Å². The second-order valence-electron chi connectivity index (χ2n) is 10.1. The molecule has 9 atom stereocenters. The minimum Gasteiger partial charge on any atom is -0.387 e. The number of nitrogens with zero attached hydrogens (tertiary/aromatic N) is 7. The number of aliphatic hydroxyl groups is 4. The maximum absolute atomic E-state index is 13.3. The molecule has 0 bridgehead atoms. The standard InChI is InChI=1S/C20H26N10O14P2/c21-14-8-15(24-3-23-14)29(4-25-8)18-12(33)10(31)6(42-18)1-40-46(39,44-45(36,37)38)41-2-7-11(32)13(34)19(43-7)30-5-26-9-16(30)27-20(22)28-17(9)35/h3-7,10-13,18-19,31-34H,1-2H2,(H2,21,23,24)(H2,36,37,38)(H3,22,27,28,35)/t6-,7-,10-,11-,12-,13-,18-,19-,46?/m1/s1. The lowest BCUT2D eigenvalue weighted by molar-refractivity contribution is -0.0607. The highest BCUT2D eigenvalue weighted by Crippen LogP contribution is 2.61.